The first-order chi connectivity index (χ1) is 11.7. The van der Waals surface area contributed by atoms with Crippen molar-refractivity contribution in [2.24, 2.45) is 5.10 Å². The van der Waals surface area contributed by atoms with Gasteiger partial charge < -0.3 is 4.90 Å². The molecule has 5 nitrogen and oxygen atoms in total. The Morgan fingerprint density at radius 2 is 1.83 bits per heavy atom. The summed E-state index contributed by atoms with van der Waals surface area (Å²) in [6.45, 7) is 4.15. The average molecular weight is 322 g/mol. The van der Waals surface area contributed by atoms with Crippen LogP contribution in [0.3, 0.4) is 0 Å². The fourth-order valence-corrected chi connectivity index (χ4v) is 2.83. The molecule has 1 aromatic heterocycles. The predicted octanol–water partition coefficient (Wildman–Crippen LogP) is 3.23. The molecule has 3 rings (SSSR count). The van der Waals surface area contributed by atoms with Crippen molar-refractivity contribution in [1.82, 2.24) is 10.4 Å². The van der Waals surface area contributed by atoms with Crippen LogP contribution in [-0.2, 0) is 0 Å². The van der Waals surface area contributed by atoms with Gasteiger partial charge in [-0.1, -0.05) is 12.1 Å². The van der Waals surface area contributed by atoms with Crippen molar-refractivity contribution in [3.8, 4) is 0 Å². The van der Waals surface area contributed by atoms with Gasteiger partial charge in [-0.05, 0) is 56.0 Å². The summed E-state index contributed by atoms with van der Waals surface area (Å²) in [5.74, 6) is -0.257. The minimum absolute atomic E-state index is 0.257. The highest BCUT2D eigenvalue weighted by molar-refractivity contribution is 6.01. The fraction of sp³-hybridized carbons (Fsp3) is 0.316. The molecule has 1 aliphatic rings. The van der Waals surface area contributed by atoms with E-state index in [-0.39, 0.29) is 5.91 Å². The van der Waals surface area contributed by atoms with Gasteiger partial charge in [-0.25, -0.2) is 5.43 Å². The molecule has 24 heavy (non-hydrogen) atoms. The number of hydrazone groups is 1. The highest BCUT2D eigenvalue weighted by Crippen LogP contribution is 2.20. The minimum Gasteiger partial charge on any atom is -0.372 e. The lowest BCUT2D eigenvalue weighted by Crippen LogP contribution is -2.29. The lowest BCUT2D eigenvalue weighted by Gasteiger charge is -2.28. The Morgan fingerprint density at radius 1 is 1.08 bits per heavy atom. The van der Waals surface area contributed by atoms with Crippen LogP contribution >= 0.6 is 0 Å². The van der Waals surface area contributed by atoms with Crippen LogP contribution in [0, 0.1) is 0 Å². The first kappa shape index (κ1) is 16.2. The molecular weight excluding hydrogens is 300 g/mol. The molecule has 1 saturated heterocycles. The van der Waals surface area contributed by atoms with E-state index in [0.717, 1.165) is 24.4 Å². The molecule has 0 radical (unpaired) electrons. The molecule has 2 aromatic rings. The quantitative estimate of drug-likeness (QED) is 0.694. The number of anilines is 1. The van der Waals surface area contributed by atoms with Crippen LogP contribution in [0.25, 0.3) is 0 Å². The summed E-state index contributed by atoms with van der Waals surface area (Å²) in [6, 6.07) is 11.8. The molecule has 1 aliphatic heterocycles. The smallest absolute Gasteiger partial charge is 0.272 e. The third-order valence-electron chi connectivity index (χ3n) is 4.26. The van der Waals surface area contributed by atoms with Crippen molar-refractivity contribution < 1.29 is 4.79 Å². The molecule has 0 atom stereocenters. The van der Waals surface area contributed by atoms with Gasteiger partial charge in [0, 0.05) is 31.2 Å². The topological polar surface area (TPSA) is 57.6 Å². The summed E-state index contributed by atoms with van der Waals surface area (Å²) in [5.41, 5.74) is 6.10. The number of hydrogen-bond acceptors (Lipinski definition) is 4. The maximum absolute atomic E-state index is 12.0. The zero-order valence-electron chi connectivity index (χ0n) is 13.9. The molecule has 1 fully saturated rings. The van der Waals surface area contributed by atoms with Crippen LogP contribution < -0.4 is 10.3 Å². The van der Waals surface area contributed by atoms with Gasteiger partial charge in [-0.15, -0.1) is 0 Å². The van der Waals surface area contributed by atoms with Crippen molar-refractivity contribution in [3.05, 3.63) is 59.9 Å². The van der Waals surface area contributed by atoms with Crippen LogP contribution in [0.4, 0.5) is 5.69 Å². The van der Waals surface area contributed by atoms with Crippen LogP contribution in [0.15, 0.2) is 53.9 Å². The number of carbonyl (C=O) groups is 1. The van der Waals surface area contributed by atoms with E-state index in [1.807, 2.05) is 6.92 Å². The Balaban J connectivity index is 1.64. The Kier molecular flexibility index (Phi) is 5.21. The van der Waals surface area contributed by atoms with Gasteiger partial charge in [-0.2, -0.15) is 5.10 Å². The zero-order valence-corrected chi connectivity index (χ0v) is 13.9. The Morgan fingerprint density at radius 3 is 2.50 bits per heavy atom. The Bertz CT molecular complexity index is 704. The van der Waals surface area contributed by atoms with E-state index in [1.165, 1.54) is 31.1 Å². The van der Waals surface area contributed by atoms with Crippen LogP contribution in [-0.4, -0.2) is 29.7 Å². The second kappa shape index (κ2) is 7.73. The average Bonchev–Trinajstić information content (AvgIpc) is 2.67. The number of pyridine rings is 1. The largest absolute Gasteiger partial charge is 0.372 e. The van der Waals surface area contributed by atoms with Gasteiger partial charge in [0.15, 0.2) is 0 Å². The van der Waals surface area contributed by atoms with Gasteiger partial charge in [0.25, 0.3) is 5.91 Å². The van der Waals surface area contributed by atoms with Crippen LogP contribution in [0.1, 0.15) is 42.1 Å². The van der Waals surface area contributed by atoms with Crippen molar-refractivity contribution >= 4 is 17.3 Å². The molecule has 0 saturated carbocycles. The number of nitrogens with one attached hydrogen (secondary N) is 1. The van der Waals surface area contributed by atoms with E-state index >= 15 is 0 Å². The van der Waals surface area contributed by atoms with Gasteiger partial charge in [-0.3, -0.25) is 9.78 Å². The minimum atomic E-state index is -0.257. The lowest BCUT2D eigenvalue weighted by atomic mass is 10.1. The number of piperidine rings is 1. The second-order valence-corrected chi connectivity index (χ2v) is 5.97. The Labute approximate surface area is 142 Å². The fourth-order valence-electron chi connectivity index (χ4n) is 2.83. The van der Waals surface area contributed by atoms with E-state index in [2.05, 4.69) is 44.7 Å². The van der Waals surface area contributed by atoms with E-state index in [4.69, 9.17) is 0 Å². The molecular formula is C19H22N4O. The molecule has 0 aliphatic carbocycles. The summed E-state index contributed by atoms with van der Waals surface area (Å²) in [5, 5.41) is 4.19. The summed E-state index contributed by atoms with van der Waals surface area (Å²) < 4.78 is 0. The van der Waals surface area contributed by atoms with Crippen molar-refractivity contribution in [1.29, 1.82) is 0 Å². The molecule has 1 amide bonds. The van der Waals surface area contributed by atoms with Crippen molar-refractivity contribution in [2.45, 2.75) is 26.2 Å². The number of carbonyl (C=O) groups excluding carboxylic acids is 1. The molecule has 0 unspecified atom stereocenters. The summed E-state index contributed by atoms with van der Waals surface area (Å²) >= 11 is 0. The van der Waals surface area contributed by atoms with E-state index in [1.54, 1.807) is 18.3 Å². The SMILES string of the molecule is C/C(=N/NC(=O)c1cccnc1)c1ccc(N2CCCCC2)cc1. The van der Waals surface area contributed by atoms with Gasteiger partial charge in [0.2, 0.25) is 0 Å². The maximum Gasteiger partial charge on any atom is 0.272 e. The summed E-state index contributed by atoms with van der Waals surface area (Å²) in [4.78, 5) is 18.3. The molecule has 2 heterocycles. The molecule has 0 spiro atoms. The van der Waals surface area contributed by atoms with Crippen LogP contribution in [0.5, 0.6) is 0 Å². The van der Waals surface area contributed by atoms with Crippen molar-refractivity contribution in [3.63, 3.8) is 0 Å². The predicted molar refractivity (Wildman–Crippen MR) is 96.4 cm³/mol. The van der Waals surface area contributed by atoms with E-state index in [0.29, 0.717) is 5.56 Å². The number of nitrogens with zero attached hydrogens (tertiary/aromatic N) is 3. The summed E-state index contributed by atoms with van der Waals surface area (Å²) in [6.07, 6.45) is 7.02. The molecule has 1 aromatic carbocycles. The maximum atomic E-state index is 12.0. The van der Waals surface area contributed by atoms with E-state index < -0.39 is 0 Å². The third kappa shape index (κ3) is 3.98. The first-order valence-electron chi connectivity index (χ1n) is 8.34. The molecule has 1 N–H and O–H groups in total. The van der Waals surface area contributed by atoms with Crippen molar-refractivity contribution in [2.75, 3.05) is 18.0 Å². The lowest BCUT2D eigenvalue weighted by molar-refractivity contribution is 0.0954. The Hall–Kier alpha value is -2.69. The van der Waals surface area contributed by atoms with Gasteiger partial charge >= 0.3 is 0 Å². The zero-order chi connectivity index (χ0) is 16.8. The number of hydrogen-bond donors (Lipinski definition) is 1. The number of benzene rings is 1. The standard InChI is InChI=1S/C19H22N4O/c1-15(21-22-19(24)17-6-5-11-20-14-17)16-7-9-18(10-8-16)23-12-3-2-4-13-23/h5-11,14H,2-4,12-13H2,1H3,(H,22,24)/b21-15-. The van der Waals surface area contributed by atoms with Crippen LogP contribution in [0.2, 0.25) is 0 Å². The molecule has 0 bridgehead atoms. The number of aromatic nitrogens is 1. The molecule has 5 heteroatoms. The number of amides is 1. The number of rotatable bonds is 4. The first-order valence-corrected chi connectivity index (χ1v) is 8.34. The summed E-state index contributed by atoms with van der Waals surface area (Å²) in [7, 11) is 0. The normalized spacial score (nSPS) is 15.2. The van der Waals surface area contributed by atoms with Gasteiger partial charge in [0.05, 0.1) is 11.3 Å². The second-order valence-electron chi connectivity index (χ2n) is 5.97. The molecule has 124 valence electrons. The highest BCUT2D eigenvalue weighted by atomic mass is 16.2. The van der Waals surface area contributed by atoms with E-state index in [9.17, 15) is 4.79 Å². The third-order valence-corrected chi connectivity index (χ3v) is 4.26. The van der Waals surface area contributed by atoms with Gasteiger partial charge in [0.1, 0.15) is 0 Å². The highest BCUT2D eigenvalue weighted by Gasteiger charge is 2.11. The monoisotopic (exact) mass is 322 g/mol.